The maximum atomic E-state index is 10.0. The predicted molar refractivity (Wildman–Crippen MR) is 67.8 cm³/mol. The molecular weight excluding hydrogens is 216 g/mol. The SMILES string of the molecule is Cc1nn(CC(O)CN2CCCC2)c(C)c1N. The summed E-state index contributed by atoms with van der Waals surface area (Å²) >= 11 is 0. The zero-order chi connectivity index (χ0) is 12.4. The molecule has 2 rings (SSSR count). The first kappa shape index (κ1) is 12.4. The van der Waals surface area contributed by atoms with E-state index in [1.807, 2.05) is 18.5 Å². The second kappa shape index (κ2) is 5.06. The van der Waals surface area contributed by atoms with Gasteiger partial charge < -0.3 is 15.7 Å². The van der Waals surface area contributed by atoms with Crippen LogP contribution >= 0.6 is 0 Å². The van der Waals surface area contributed by atoms with Crippen molar-refractivity contribution in [1.29, 1.82) is 0 Å². The molecule has 1 fully saturated rings. The topological polar surface area (TPSA) is 67.3 Å². The van der Waals surface area contributed by atoms with E-state index in [2.05, 4.69) is 10.00 Å². The maximum absolute atomic E-state index is 10.0. The van der Waals surface area contributed by atoms with Gasteiger partial charge in [-0.2, -0.15) is 5.10 Å². The van der Waals surface area contributed by atoms with Crippen LogP contribution in [0.25, 0.3) is 0 Å². The number of nitrogens with two attached hydrogens (primary N) is 1. The fourth-order valence-corrected chi connectivity index (χ4v) is 2.41. The average Bonchev–Trinajstić information content (AvgIpc) is 2.85. The number of hydrogen-bond donors (Lipinski definition) is 2. The van der Waals surface area contributed by atoms with E-state index in [1.54, 1.807) is 0 Å². The second-order valence-electron chi connectivity index (χ2n) is 4.93. The van der Waals surface area contributed by atoms with Gasteiger partial charge in [0.15, 0.2) is 0 Å². The molecule has 0 bridgehead atoms. The number of nitrogens with zero attached hydrogens (tertiary/aromatic N) is 3. The van der Waals surface area contributed by atoms with E-state index in [1.165, 1.54) is 12.8 Å². The van der Waals surface area contributed by atoms with E-state index >= 15 is 0 Å². The molecule has 1 saturated heterocycles. The van der Waals surface area contributed by atoms with Crippen molar-refractivity contribution in [2.24, 2.45) is 0 Å². The first-order chi connectivity index (χ1) is 8.08. The van der Waals surface area contributed by atoms with Crippen LogP contribution in [-0.2, 0) is 6.54 Å². The Balaban J connectivity index is 1.92. The minimum Gasteiger partial charge on any atom is -0.396 e. The van der Waals surface area contributed by atoms with Crippen LogP contribution in [0.1, 0.15) is 24.2 Å². The molecule has 0 aromatic carbocycles. The van der Waals surface area contributed by atoms with Crippen molar-refractivity contribution in [1.82, 2.24) is 14.7 Å². The van der Waals surface area contributed by atoms with Crippen LogP contribution in [0.15, 0.2) is 0 Å². The summed E-state index contributed by atoms with van der Waals surface area (Å²) in [6.45, 7) is 7.31. The van der Waals surface area contributed by atoms with Gasteiger partial charge in [0, 0.05) is 6.54 Å². The number of aryl methyl sites for hydroxylation is 1. The number of nitrogen functional groups attached to an aromatic ring is 1. The molecule has 96 valence electrons. The van der Waals surface area contributed by atoms with Crippen LogP contribution in [0.3, 0.4) is 0 Å². The smallest absolute Gasteiger partial charge is 0.0862 e. The monoisotopic (exact) mass is 238 g/mol. The fraction of sp³-hybridized carbons (Fsp3) is 0.750. The second-order valence-corrected chi connectivity index (χ2v) is 4.93. The summed E-state index contributed by atoms with van der Waals surface area (Å²) in [6, 6.07) is 0. The van der Waals surface area contributed by atoms with E-state index in [-0.39, 0.29) is 6.10 Å². The minimum atomic E-state index is -0.370. The third-order valence-electron chi connectivity index (χ3n) is 3.49. The Hall–Kier alpha value is -1.07. The van der Waals surface area contributed by atoms with E-state index in [4.69, 9.17) is 5.73 Å². The Morgan fingerprint density at radius 2 is 1.94 bits per heavy atom. The van der Waals surface area contributed by atoms with E-state index in [0.29, 0.717) is 6.54 Å². The Morgan fingerprint density at radius 3 is 2.47 bits per heavy atom. The number of aliphatic hydroxyl groups is 1. The van der Waals surface area contributed by atoms with Crippen LogP contribution in [0, 0.1) is 13.8 Å². The Bertz CT molecular complexity index is 382. The quantitative estimate of drug-likeness (QED) is 0.803. The van der Waals surface area contributed by atoms with E-state index in [9.17, 15) is 5.11 Å². The summed E-state index contributed by atoms with van der Waals surface area (Å²) in [5.41, 5.74) is 8.39. The summed E-state index contributed by atoms with van der Waals surface area (Å²) in [4.78, 5) is 2.31. The number of rotatable bonds is 4. The van der Waals surface area contributed by atoms with E-state index in [0.717, 1.165) is 36.7 Å². The van der Waals surface area contributed by atoms with Gasteiger partial charge in [-0.1, -0.05) is 0 Å². The number of anilines is 1. The summed E-state index contributed by atoms with van der Waals surface area (Å²) in [5.74, 6) is 0. The lowest BCUT2D eigenvalue weighted by atomic mass is 10.3. The highest BCUT2D eigenvalue weighted by atomic mass is 16.3. The Morgan fingerprint density at radius 1 is 1.29 bits per heavy atom. The van der Waals surface area contributed by atoms with Crippen molar-refractivity contribution < 1.29 is 5.11 Å². The zero-order valence-corrected chi connectivity index (χ0v) is 10.7. The molecule has 0 saturated carbocycles. The maximum Gasteiger partial charge on any atom is 0.0862 e. The predicted octanol–water partition coefficient (Wildman–Crippen LogP) is 0.539. The molecule has 0 amide bonds. The Labute approximate surface area is 102 Å². The van der Waals surface area contributed by atoms with Gasteiger partial charge in [0.25, 0.3) is 0 Å². The molecule has 0 radical (unpaired) electrons. The first-order valence-corrected chi connectivity index (χ1v) is 6.28. The van der Waals surface area contributed by atoms with Gasteiger partial charge in [0.2, 0.25) is 0 Å². The van der Waals surface area contributed by atoms with Crippen LogP contribution in [-0.4, -0.2) is 45.5 Å². The largest absolute Gasteiger partial charge is 0.396 e. The molecule has 1 atom stereocenters. The number of hydrogen-bond acceptors (Lipinski definition) is 4. The number of aromatic nitrogens is 2. The highest BCUT2D eigenvalue weighted by molar-refractivity contribution is 5.46. The average molecular weight is 238 g/mol. The molecule has 1 aliphatic heterocycles. The number of likely N-dealkylation sites (tertiary alicyclic amines) is 1. The lowest BCUT2D eigenvalue weighted by molar-refractivity contribution is 0.105. The molecule has 2 heterocycles. The lowest BCUT2D eigenvalue weighted by Gasteiger charge is -2.19. The van der Waals surface area contributed by atoms with Crippen LogP contribution in [0.5, 0.6) is 0 Å². The zero-order valence-electron chi connectivity index (χ0n) is 10.7. The van der Waals surface area contributed by atoms with Gasteiger partial charge in [0.1, 0.15) is 0 Å². The molecule has 0 aliphatic carbocycles. The molecule has 5 heteroatoms. The van der Waals surface area contributed by atoms with Gasteiger partial charge in [-0.3, -0.25) is 4.68 Å². The lowest BCUT2D eigenvalue weighted by Crippen LogP contribution is -2.33. The van der Waals surface area contributed by atoms with Crippen molar-refractivity contribution in [3.05, 3.63) is 11.4 Å². The van der Waals surface area contributed by atoms with Crippen LogP contribution in [0.4, 0.5) is 5.69 Å². The van der Waals surface area contributed by atoms with Crippen molar-refractivity contribution in [3.8, 4) is 0 Å². The van der Waals surface area contributed by atoms with Crippen molar-refractivity contribution >= 4 is 5.69 Å². The summed E-state index contributed by atoms with van der Waals surface area (Å²) in [7, 11) is 0. The molecule has 0 spiro atoms. The highest BCUT2D eigenvalue weighted by Crippen LogP contribution is 2.15. The third-order valence-corrected chi connectivity index (χ3v) is 3.49. The Kier molecular flexibility index (Phi) is 3.69. The van der Waals surface area contributed by atoms with Crippen molar-refractivity contribution in [2.75, 3.05) is 25.4 Å². The van der Waals surface area contributed by atoms with Gasteiger partial charge in [-0.15, -0.1) is 0 Å². The van der Waals surface area contributed by atoms with Gasteiger partial charge in [-0.25, -0.2) is 0 Å². The summed E-state index contributed by atoms with van der Waals surface area (Å²) < 4.78 is 1.81. The number of aliphatic hydroxyl groups excluding tert-OH is 1. The summed E-state index contributed by atoms with van der Waals surface area (Å²) in [5, 5.41) is 14.4. The van der Waals surface area contributed by atoms with Crippen LogP contribution in [0.2, 0.25) is 0 Å². The normalized spacial score (nSPS) is 18.8. The van der Waals surface area contributed by atoms with Gasteiger partial charge >= 0.3 is 0 Å². The molecular formula is C12H22N4O. The van der Waals surface area contributed by atoms with Gasteiger partial charge in [0.05, 0.1) is 29.7 Å². The van der Waals surface area contributed by atoms with Crippen LogP contribution < -0.4 is 5.73 Å². The van der Waals surface area contributed by atoms with E-state index < -0.39 is 0 Å². The summed E-state index contributed by atoms with van der Waals surface area (Å²) in [6.07, 6.45) is 2.13. The molecule has 1 aromatic heterocycles. The molecule has 1 aromatic rings. The third kappa shape index (κ3) is 2.79. The van der Waals surface area contributed by atoms with Crippen molar-refractivity contribution in [3.63, 3.8) is 0 Å². The van der Waals surface area contributed by atoms with Crippen molar-refractivity contribution in [2.45, 2.75) is 39.3 Å². The van der Waals surface area contributed by atoms with Gasteiger partial charge in [-0.05, 0) is 39.8 Å². The molecule has 1 aliphatic rings. The highest BCUT2D eigenvalue weighted by Gasteiger charge is 2.17. The fourth-order valence-electron chi connectivity index (χ4n) is 2.41. The molecule has 3 N–H and O–H groups in total. The molecule has 17 heavy (non-hydrogen) atoms. The first-order valence-electron chi connectivity index (χ1n) is 6.28. The molecule has 5 nitrogen and oxygen atoms in total. The number of β-amino-alcohol motifs (C(OH)–C–C–N with tert-alkyl or cyclic N) is 1. The standard InChI is InChI=1S/C12H22N4O/c1-9-12(13)10(2)16(14-9)8-11(17)7-15-5-3-4-6-15/h11,17H,3-8,13H2,1-2H3. The molecule has 1 unspecified atom stereocenters. The minimum absolute atomic E-state index is 0.370.